The van der Waals surface area contributed by atoms with Crippen LogP contribution in [0.25, 0.3) is 31.3 Å². The van der Waals surface area contributed by atoms with Crippen molar-refractivity contribution in [1.29, 1.82) is 0 Å². The summed E-state index contributed by atoms with van der Waals surface area (Å²) >= 11 is 13.9. The van der Waals surface area contributed by atoms with Gasteiger partial charge >= 0.3 is 0 Å². The number of hydrogen-bond donors (Lipinski definition) is 0. The van der Waals surface area contributed by atoms with E-state index in [1.165, 1.54) is 4.70 Å². The Bertz CT molecular complexity index is 909. The second-order valence-corrected chi connectivity index (χ2v) is 5.76. The molecule has 88 valence electrons. The molecule has 0 bridgehead atoms. The molecule has 0 fully saturated rings. The molecule has 0 aliphatic heterocycles. The van der Waals surface area contributed by atoms with Gasteiger partial charge in [0, 0.05) is 20.2 Å². The summed E-state index contributed by atoms with van der Waals surface area (Å²) in [4.78, 5) is 4.12. The van der Waals surface area contributed by atoms with Crippen molar-refractivity contribution >= 4 is 65.8 Å². The van der Waals surface area contributed by atoms with Crippen molar-refractivity contribution in [3.05, 3.63) is 40.7 Å². The standard InChI is InChI=1S/C13H5Cl2NOS/c14-11-10-6-3-1-2-4-8(6)18-9(10)5-7-12(11)17-13(15)16-7/h1-5H. The van der Waals surface area contributed by atoms with Crippen molar-refractivity contribution < 1.29 is 4.42 Å². The Balaban J connectivity index is 2.32. The van der Waals surface area contributed by atoms with Gasteiger partial charge in [-0.1, -0.05) is 29.8 Å². The van der Waals surface area contributed by atoms with E-state index in [1.54, 1.807) is 11.3 Å². The summed E-state index contributed by atoms with van der Waals surface area (Å²) < 4.78 is 7.65. The Hall–Kier alpha value is -1.29. The first-order chi connectivity index (χ1) is 8.74. The van der Waals surface area contributed by atoms with Gasteiger partial charge in [0.05, 0.1) is 5.02 Å². The summed E-state index contributed by atoms with van der Waals surface area (Å²) in [5.41, 5.74) is 1.25. The number of thiophene rings is 1. The van der Waals surface area contributed by atoms with Gasteiger partial charge in [0.25, 0.3) is 5.35 Å². The van der Waals surface area contributed by atoms with E-state index in [2.05, 4.69) is 17.1 Å². The van der Waals surface area contributed by atoms with Crippen molar-refractivity contribution in [1.82, 2.24) is 4.98 Å². The molecule has 18 heavy (non-hydrogen) atoms. The predicted octanol–water partition coefficient (Wildman–Crippen LogP) is 5.50. The van der Waals surface area contributed by atoms with Gasteiger partial charge in [-0.15, -0.1) is 11.3 Å². The molecule has 0 saturated carbocycles. The maximum Gasteiger partial charge on any atom is 0.293 e. The molecule has 0 aliphatic carbocycles. The van der Waals surface area contributed by atoms with Crippen LogP contribution in [0.5, 0.6) is 0 Å². The van der Waals surface area contributed by atoms with E-state index < -0.39 is 0 Å². The van der Waals surface area contributed by atoms with Gasteiger partial charge < -0.3 is 4.42 Å². The summed E-state index contributed by atoms with van der Waals surface area (Å²) in [5, 5.41) is 2.85. The summed E-state index contributed by atoms with van der Waals surface area (Å²) in [6.45, 7) is 0. The molecule has 0 radical (unpaired) electrons. The van der Waals surface area contributed by atoms with Crippen LogP contribution in [0.1, 0.15) is 0 Å². The number of halogens is 2. The summed E-state index contributed by atoms with van der Waals surface area (Å²) in [6.07, 6.45) is 0. The molecule has 4 aromatic rings. The summed E-state index contributed by atoms with van der Waals surface area (Å²) in [6, 6.07) is 10.1. The molecule has 2 heterocycles. The van der Waals surface area contributed by atoms with Crippen molar-refractivity contribution in [3.63, 3.8) is 0 Å². The first kappa shape index (κ1) is 10.6. The van der Waals surface area contributed by atoms with Crippen LogP contribution in [-0.4, -0.2) is 4.98 Å². The molecule has 0 saturated heterocycles. The van der Waals surface area contributed by atoms with Gasteiger partial charge in [-0.3, -0.25) is 0 Å². The fraction of sp³-hybridized carbons (Fsp3) is 0. The first-order valence-corrected chi connectivity index (χ1v) is 6.87. The quantitative estimate of drug-likeness (QED) is 0.428. The third kappa shape index (κ3) is 1.32. The lowest BCUT2D eigenvalue weighted by Crippen LogP contribution is -1.72. The Morgan fingerprint density at radius 1 is 1.11 bits per heavy atom. The van der Waals surface area contributed by atoms with Gasteiger partial charge in [0.15, 0.2) is 5.58 Å². The highest BCUT2D eigenvalue weighted by atomic mass is 35.5. The van der Waals surface area contributed by atoms with Crippen molar-refractivity contribution in [2.45, 2.75) is 0 Å². The van der Waals surface area contributed by atoms with Gasteiger partial charge in [-0.2, -0.15) is 4.98 Å². The molecule has 4 rings (SSSR count). The molecule has 0 N–H and O–H groups in total. The predicted molar refractivity (Wildman–Crippen MR) is 76.9 cm³/mol. The van der Waals surface area contributed by atoms with Crippen LogP contribution in [0.2, 0.25) is 10.4 Å². The van der Waals surface area contributed by atoms with E-state index in [9.17, 15) is 0 Å². The second kappa shape index (κ2) is 3.60. The number of oxazole rings is 1. The highest BCUT2D eigenvalue weighted by Gasteiger charge is 2.15. The smallest absolute Gasteiger partial charge is 0.293 e. The Kier molecular flexibility index (Phi) is 2.13. The highest BCUT2D eigenvalue weighted by Crippen LogP contribution is 2.42. The van der Waals surface area contributed by atoms with E-state index in [-0.39, 0.29) is 5.35 Å². The average molecular weight is 294 g/mol. The maximum atomic E-state index is 6.42. The molecule has 0 aliphatic rings. The van der Waals surface area contributed by atoms with Crippen LogP contribution < -0.4 is 0 Å². The van der Waals surface area contributed by atoms with Gasteiger partial charge in [0.1, 0.15) is 5.52 Å². The van der Waals surface area contributed by atoms with Crippen LogP contribution in [-0.2, 0) is 0 Å². The van der Waals surface area contributed by atoms with E-state index in [0.717, 1.165) is 15.5 Å². The van der Waals surface area contributed by atoms with Crippen molar-refractivity contribution in [2.75, 3.05) is 0 Å². The zero-order valence-electron chi connectivity index (χ0n) is 8.91. The number of nitrogens with zero attached hydrogens (tertiary/aromatic N) is 1. The largest absolute Gasteiger partial charge is 0.426 e. The second-order valence-electron chi connectivity index (χ2n) is 3.98. The minimum absolute atomic E-state index is 0.119. The minimum atomic E-state index is 0.119. The highest BCUT2D eigenvalue weighted by molar-refractivity contribution is 7.26. The monoisotopic (exact) mass is 293 g/mol. The number of benzene rings is 2. The molecule has 0 unspecified atom stereocenters. The zero-order chi connectivity index (χ0) is 12.3. The van der Waals surface area contributed by atoms with Crippen LogP contribution in [0.15, 0.2) is 34.7 Å². The SMILES string of the molecule is Clc1nc2cc3sc4ccccc4c3c(Cl)c2o1. The number of aromatic nitrogens is 1. The van der Waals surface area contributed by atoms with E-state index in [1.807, 2.05) is 18.2 Å². The lowest BCUT2D eigenvalue weighted by molar-refractivity contribution is 0.605. The Morgan fingerprint density at radius 3 is 2.83 bits per heavy atom. The molecule has 0 atom stereocenters. The van der Waals surface area contributed by atoms with Gasteiger partial charge in [-0.05, 0) is 23.7 Å². The number of hydrogen-bond acceptors (Lipinski definition) is 3. The molecule has 2 aromatic carbocycles. The molecule has 0 spiro atoms. The maximum absolute atomic E-state index is 6.42. The Morgan fingerprint density at radius 2 is 1.94 bits per heavy atom. The molecule has 0 amide bonds. The minimum Gasteiger partial charge on any atom is -0.426 e. The van der Waals surface area contributed by atoms with Crippen LogP contribution in [0, 0.1) is 0 Å². The normalized spacial score (nSPS) is 11.9. The third-order valence-electron chi connectivity index (χ3n) is 2.94. The van der Waals surface area contributed by atoms with Gasteiger partial charge in [0.2, 0.25) is 0 Å². The van der Waals surface area contributed by atoms with E-state index in [4.69, 9.17) is 27.6 Å². The summed E-state index contributed by atoms with van der Waals surface area (Å²) in [5.74, 6) is 0. The first-order valence-electron chi connectivity index (χ1n) is 5.30. The summed E-state index contributed by atoms with van der Waals surface area (Å²) in [7, 11) is 0. The molecule has 2 aromatic heterocycles. The zero-order valence-corrected chi connectivity index (χ0v) is 11.2. The fourth-order valence-electron chi connectivity index (χ4n) is 2.19. The van der Waals surface area contributed by atoms with Crippen LogP contribution >= 0.6 is 34.5 Å². The van der Waals surface area contributed by atoms with E-state index >= 15 is 0 Å². The fourth-order valence-corrected chi connectivity index (χ4v) is 3.90. The van der Waals surface area contributed by atoms with Crippen molar-refractivity contribution in [2.24, 2.45) is 0 Å². The van der Waals surface area contributed by atoms with E-state index in [0.29, 0.717) is 16.1 Å². The molecular formula is C13H5Cl2NOS. The lowest BCUT2D eigenvalue weighted by Gasteiger charge is -1.95. The van der Waals surface area contributed by atoms with Gasteiger partial charge in [-0.25, -0.2) is 0 Å². The average Bonchev–Trinajstić information content (AvgIpc) is 2.89. The number of fused-ring (bicyclic) bond motifs is 4. The van der Waals surface area contributed by atoms with Crippen LogP contribution in [0.4, 0.5) is 0 Å². The Labute approximate surface area is 116 Å². The topological polar surface area (TPSA) is 26.0 Å². The third-order valence-corrected chi connectivity index (χ3v) is 4.58. The molecular weight excluding hydrogens is 289 g/mol. The van der Waals surface area contributed by atoms with Crippen LogP contribution in [0.3, 0.4) is 0 Å². The molecule has 5 heteroatoms. The molecule has 2 nitrogen and oxygen atoms in total. The van der Waals surface area contributed by atoms with Crippen molar-refractivity contribution in [3.8, 4) is 0 Å². The lowest BCUT2D eigenvalue weighted by atomic mass is 10.1. The number of rotatable bonds is 0.